The van der Waals surface area contributed by atoms with Gasteiger partial charge in [0.15, 0.2) is 0 Å². The lowest BCUT2D eigenvalue weighted by Gasteiger charge is -2.16. The van der Waals surface area contributed by atoms with Crippen LogP contribution < -0.4 is 10.6 Å². The van der Waals surface area contributed by atoms with Crippen LogP contribution in [0.1, 0.15) is 46.0 Å². The van der Waals surface area contributed by atoms with Crippen molar-refractivity contribution in [3.63, 3.8) is 0 Å². The molecule has 0 saturated carbocycles. The first-order valence-electron chi connectivity index (χ1n) is 7.45. The van der Waals surface area contributed by atoms with E-state index in [0.717, 1.165) is 38.8 Å². The van der Waals surface area contributed by atoms with E-state index in [9.17, 15) is 9.59 Å². The SMILES string of the molecule is CCC(CC)NC(=O)CNCCC(=O)N1CCCC1. The van der Waals surface area contributed by atoms with Crippen LogP contribution in [0.2, 0.25) is 0 Å². The predicted molar refractivity (Wildman–Crippen MR) is 75.8 cm³/mol. The van der Waals surface area contributed by atoms with Crippen LogP contribution in [-0.2, 0) is 9.59 Å². The molecule has 0 aromatic heterocycles. The molecular weight excluding hydrogens is 242 g/mol. The zero-order chi connectivity index (χ0) is 14.1. The molecule has 5 nitrogen and oxygen atoms in total. The van der Waals surface area contributed by atoms with Gasteiger partial charge in [0.05, 0.1) is 6.54 Å². The zero-order valence-corrected chi connectivity index (χ0v) is 12.2. The third-order valence-electron chi connectivity index (χ3n) is 3.61. The molecule has 0 aromatic carbocycles. The fraction of sp³-hybridized carbons (Fsp3) is 0.857. The van der Waals surface area contributed by atoms with Crippen LogP contribution in [0.15, 0.2) is 0 Å². The Hall–Kier alpha value is -1.10. The van der Waals surface area contributed by atoms with Gasteiger partial charge >= 0.3 is 0 Å². The maximum atomic E-state index is 11.7. The standard InChI is InChI=1S/C14H27N3O2/c1-3-12(4-2)16-13(18)11-15-8-7-14(19)17-9-5-6-10-17/h12,15H,3-11H2,1-2H3,(H,16,18). The van der Waals surface area contributed by atoms with Gasteiger partial charge in [-0.3, -0.25) is 9.59 Å². The van der Waals surface area contributed by atoms with E-state index >= 15 is 0 Å². The first-order valence-corrected chi connectivity index (χ1v) is 7.45. The van der Waals surface area contributed by atoms with Gasteiger partial charge in [0, 0.05) is 32.1 Å². The molecule has 1 aliphatic heterocycles. The van der Waals surface area contributed by atoms with Gasteiger partial charge in [-0.2, -0.15) is 0 Å². The summed E-state index contributed by atoms with van der Waals surface area (Å²) in [5, 5.41) is 6.00. The molecule has 1 aliphatic rings. The Labute approximate surface area is 116 Å². The summed E-state index contributed by atoms with van der Waals surface area (Å²) in [6, 6.07) is 0.264. The molecule has 110 valence electrons. The minimum Gasteiger partial charge on any atom is -0.352 e. The van der Waals surface area contributed by atoms with Gasteiger partial charge in [0.2, 0.25) is 11.8 Å². The molecule has 1 saturated heterocycles. The summed E-state index contributed by atoms with van der Waals surface area (Å²) in [5.41, 5.74) is 0. The molecule has 0 aromatic rings. The number of likely N-dealkylation sites (tertiary alicyclic amines) is 1. The van der Waals surface area contributed by atoms with Crippen molar-refractivity contribution in [1.82, 2.24) is 15.5 Å². The number of amides is 2. The van der Waals surface area contributed by atoms with Crippen molar-refractivity contribution in [3.05, 3.63) is 0 Å². The van der Waals surface area contributed by atoms with E-state index in [0.29, 0.717) is 19.5 Å². The first-order chi connectivity index (χ1) is 9.17. The Morgan fingerprint density at radius 1 is 1.16 bits per heavy atom. The van der Waals surface area contributed by atoms with E-state index < -0.39 is 0 Å². The monoisotopic (exact) mass is 269 g/mol. The van der Waals surface area contributed by atoms with Gasteiger partial charge in [-0.25, -0.2) is 0 Å². The van der Waals surface area contributed by atoms with E-state index in [4.69, 9.17) is 0 Å². The summed E-state index contributed by atoms with van der Waals surface area (Å²) in [6.45, 7) is 6.80. The van der Waals surface area contributed by atoms with Gasteiger partial charge in [-0.1, -0.05) is 13.8 Å². The van der Waals surface area contributed by atoms with Crippen LogP contribution in [-0.4, -0.2) is 48.9 Å². The third kappa shape index (κ3) is 6.05. The smallest absolute Gasteiger partial charge is 0.234 e. The van der Waals surface area contributed by atoms with Gasteiger partial charge in [0.25, 0.3) is 0 Å². The highest BCUT2D eigenvalue weighted by atomic mass is 16.2. The normalized spacial score (nSPS) is 15.0. The molecule has 2 N–H and O–H groups in total. The highest BCUT2D eigenvalue weighted by Crippen LogP contribution is 2.08. The second kappa shape index (κ2) is 8.91. The van der Waals surface area contributed by atoms with Crippen molar-refractivity contribution in [2.45, 2.75) is 52.0 Å². The average molecular weight is 269 g/mol. The van der Waals surface area contributed by atoms with Gasteiger partial charge in [-0.15, -0.1) is 0 Å². The lowest BCUT2D eigenvalue weighted by Crippen LogP contribution is -2.40. The van der Waals surface area contributed by atoms with Crippen molar-refractivity contribution in [2.24, 2.45) is 0 Å². The Morgan fingerprint density at radius 2 is 1.79 bits per heavy atom. The quantitative estimate of drug-likeness (QED) is 0.643. The molecule has 0 spiro atoms. The molecule has 0 radical (unpaired) electrons. The molecule has 5 heteroatoms. The second-order valence-corrected chi connectivity index (χ2v) is 5.10. The van der Waals surface area contributed by atoms with Crippen LogP contribution in [0.5, 0.6) is 0 Å². The molecule has 0 bridgehead atoms. The van der Waals surface area contributed by atoms with E-state index in [2.05, 4.69) is 24.5 Å². The molecule has 1 fully saturated rings. The number of carbonyl (C=O) groups is 2. The Kier molecular flexibility index (Phi) is 7.48. The number of nitrogens with one attached hydrogen (secondary N) is 2. The molecule has 0 atom stereocenters. The van der Waals surface area contributed by atoms with Crippen molar-refractivity contribution < 1.29 is 9.59 Å². The number of carbonyl (C=O) groups excluding carboxylic acids is 2. The topological polar surface area (TPSA) is 61.4 Å². The largest absolute Gasteiger partial charge is 0.352 e. The molecule has 2 amide bonds. The second-order valence-electron chi connectivity index (χ2n) is 5.10. The number of hydrogen-bond acceptors (Lipinski definition) is 3. The summed E-state index contributed by atoms with van der Waals surface area (Å²) in [6.07, 6.45) is 4.64. The molecule has 1 rings (SSSR count). The predicted octanol–water partition coefficient (Wildman–Crippen LogP) is 0.893. The fourth-order valence-electron chi connectivity index (χ4n) is 2.29. The molecule has 1 heterocycles. The van der Waals surface area contributed by atoms with Crippen LogP contribution >= 0.6 is 0 Å². The number of nitrogens with zero attached hydrogens (tertiary/aromatic N) is 1. The van der Waals surface area contributed by atoms with E-state index in [1.807, 2.05) is 4.90 Å². The van der Waals surface area contributed by atoms with Gasteiger partial charge < -0.3 is 15.5 Å². The van der Waals surface area contributed by atoms with Crippen LogP contribution in [0, 0.1) is 0 Å². The Bertz CT molecular complexity index is 284. The average Bonchev–Trinajstić information content (AvgIpc) is 2.94. The summed E-state index contributed by atoms with van der Waals surface area (Å²) in [5.74, 6) is 0.215. The maximum absolute atomic E-state index is 11.7. The maximum Gasteiger partial charge on any atom is 0.234 e. The van der Waals surface area contributed by atoms with Gasteiger partial charge in [0.1, 0.15) is 0 Å². The minimum atomic E-state index is 0.0160. The van der Waals surface area contributed by atoms with Crippen molar-refractivity contribution in [2.75, 3.05) is 26.2 Å². The number of rotatable bonds is 8. The van der Waals surface area contributed by atoms with Crippen LogP contribution in [0.4, 0.5) is 0 Å². The van der Waals surface area contributed by atoms with E-state index in [-0.39, 0.29) is 17.9 Å². The summed E-state index contributed by atoms with van der Waals surface area (Å²) in [7, 11) is 0. The molecular formula is C14H27N3O2. The highest BCUT2D eigenvalue weighted by molar-refractivity contribution is 5.79. The van der Waals surface area contributed by atoms with Crippen molar-refractivity contribution in [1.29, 1.82) is 0 Å². The molecule has 0 aliphatic carbocycles. The summed E-state index contributed by atoms with van der Waals surface area (Å²) < 4.78 is 0. The van der Waals surface area contributed by atoms with Crippen LogP contribution in [0.3, 0.4) is 0 Å². The lowest BCUT2D eigenvalue weighted by atomic mass is 10.2. The van der Waals surface area contributed by atoms with Gasteiger partial charge in [-0.05, 0) is 25.7 Å². The zero-order valence-electron chi connectivity index (χ0n) is 12.2. The lowest BCUT2D eigenvalue weighted by molar-refractivity contribution is -0.130. The Morgan fingerprint density at radius 3 is 2.37 bits per heavy atom. The molecule has 0 unspecified atom stereocenters. The summed E-state index contributed by atoms with van der Waals surface area (Å²) in [4.78, 5) is 25.3. The minimum absolute atomic E-state index is 0.0160. The third-order valence-corrected chi connectivity index (χ3v) is 3.61. The highest BCUT2D eigenvalue weighted by Gasteiger charge is 2.17. The fourth-order valence-corrected chi connectivity index (χ4v) is 2.29. The van der Waals surface area contributed by atoms with E-state index in [1.165, 1.54) is 0 Å². The van der Waals surface area contributed by atoms with Crippen molar-refractivity contribution in [3.8, 4) is 0 Å². The summed E-state index contributed by atoms with van der Waals surface area (Å²) >= 11 is 0. The van der Waals surface area contributed by atoms with Crippen LogP contribution in [0.25, 0.3) is 0 Å². The van der Waals surface area contributed by atoms with Crippen molar-refractivity contribution >= 4 is 11.8 Å². The number of hydrogen-bond donors (Lipinski definition) is 2. The molecule has 19 heavy (non-hydrogen) atoms. The van der Waals surface area contributed by atoms with E-state index in [1.54, 1.807) is 0 Å². The first kappa shape index (κ1) is 16.0. The Balaban J connectivity index is 2.06.